The normalized spacial score (nSPS) is 22.5. The van der Waals surface area contributed by atoms with Gasteiger partial charge in [-0.3, -0.25) is 0 Å². The summed E-state index contributed by atoms with van der Waals surface area (Å²) in [5.74, 6) is 1.15. The van der Waals surface area contributed by atoms with Crippen LogP contribution in [0.4, 0.5) is 5.82 Å². The van der Waals surface area contributed by atoms with E-state index in [1.165, 1.54) is 20.5 Å². The number of nitrogens with two attached hydrogens (primary N) is 1. The van der Waals surface area contributed by atoms with E-state index in [-0.39, 0.29) is 19.0 Å². The number of methoxy groups -OCH3 is 1. The van der Waals surface area contributed by atoms with Crippen LogP contribution in [-0.2, 0) is 36.9 Å². The molecule has 142 valence electrons. The highest BCUT2D eigenvalue weighted by molar-refractivity contribution is 8.07. The Morgan fingerprint density at radius 2 is 2.19 bits per heavy atom. The quantitative estimate of drug-likeness (QED) is 0.656. The monoisotopic (exact) mass is 401 g/mol. The van der Waals surface area contributed by atoms with E-state index in [1.54, 1.807) is 10.9 Å². The van der Waals surface area contributed by atoms with Crippen LogP contribution in [0.5, 0.6) is 0 Å². The second-order valence-corrected chi connectivity index (χ2v) is 8.51. The van der Waals surface area contributed by atoms with Gasteiger partial charge in [-0.2, -0.15) is 0 Å². The van der Waals surface area contributed by atoms with Gasteiger partial charge < -0.3 is 33.7 Å². The van der Waals surface area contributed by atoms with Crippen molar-refractivity contribution in [2.45, 2.75) is 25.5 Å². The van der Waals surface area contributed by atoms with Gasteiger partial charge in [0.05, 0.1) is 12.9 Å². The van der Waals surface area contributed by atoms with Crippen molar-refractivity contribution in [3.05, 3.63) is 24.2 Å². The lowest BCUT2D eigenvalue weighted by Crippen LogP contribution is -2.40. The van der Waals surface area contributed by atoms with E-state index in [0.717, 1.165) is 0 Å². The molecule has 0 saturated carbocycles. The number of rotatable bonds is 7. The van der Waals surface area contributed by atoms with Gasteiger partial charge in [0.25, 0.3) is 0 Å². The van der Waals surface area contributed by atoms with Gasteiger partial charge in [0.15, 0.2) is 22.8 Å². The van der Waals surface area contributed by atoms with Crippen LogP contribution >= 0.6 is 6.72 Å². The van der Waals surface area contributed by atoms with Gasteiger partial charge >= 0.3 is 6.72 Å². The fourth-order valence-corrected chi connectivity index (χ4v) is 3.56. The summed E-state index contributed by atoms with van der Waals surface area (Å²) in [4.78, 5) is 22.6. The van der Waals surface area contributed by atoms with Crippen LogP contribution in [0.2, 0.25) is 0 Å². The van der Waals surface area contributed by atoms with Crippen LogP contribution in [0.3, 0.4) is 0 Å². The average Bonchev–Trinajstić information content (AvgIpc) is 3.18. The molecule has 12 heteroatoms. The molecule has 0 saturated heterocycles. The van der Waals surface area contributed by atoms with Crippen molar-refractivity contribution >= 4 is 35.5 Å². The van der Waals surface area contributed by atoms with Gasteiger partial charge in [-0.15, -0.1) is 0 Å². The maximum atomic E-state index is 10.1. The summed E-state index contributed by atoms with van der Waals surface area (Å²) in [6, 6.07) is 0. The molecule has 0 spiro atoms. The molecule has 0 aliphatic carbocycles. The van der Waals surface area contributed by atoms with E-state index >= 15 is 0 Å². The first-order valence-corrected chi connectivity index (χ1v) is 10.4. The van der Waals surface area contributed by atoms with E-state index < -0.39 is 12.3 Å². The van der Waals surface area contributed by atoms with Crippen molar-refractivity contribution in [3.63, 3.8) is 0 Å². The summed E-state index contributed by atoms with van der Waals surface area (Å²) >= 11 is 5.00. The number of allylic oxidation sites excluding steroid dienone is 1. The Morgan fingerprint density at radius 3 is 2.85 bits per heavy atom. The Bertz CT molecular complexity index is 903. The summed E-state index contributed by atoms with van der Waals surface area (Å²) in [5.41, 5.74) is 5.85. The molecule has 2 atom stereocenters. The number of fused-ring (bicyclic) bond motifs is 1. The molecule has 0 radical (unpaired) electrons. The molecule has 1 aliphatic heterocycles. The maximum absolute atomic E-state index is 10.1. The minimum absolute atomic E-state index is 0.182. The zero-order valence-corrected chi connectivity index (χ0v) is 16.3. The molecule has 0 amide bonds. The molecule has 26 heavy (non-hydrogen) atoms. The first-order valence-electron chi connectivity index (χ1n) is 7.77. The molecule has 0 fully saturated rings. The van der Waals surface area contributed by atoms with E-state index in [1.807, 2.05) is 6.92 Å². The molecule has 3 heterocycles. The van der Waals surface area contributed by atoms with Crippen LogP contribution in [0, 0.1) is 0 Å². The van der Waals surface area contributed by atoms with Crippen molar-refractivity contribution in [1.82, 2.24) is 19.5 Å². The number of aromatic nitrogens is 4. The van der Waals surface area contributed by atoms with Gasteiger partial charge in [0.1, 0.15) is 24.2 Å². The number of hydrogen-bond acceptors (Lipinski definition) is 9. The van der Waals surface area contributed by atoms with Gasteiger partial charge in [0, 0.05) is 32.4 Å². The number of hydrogen-bond donors (Lipinski definition) is 2. The molecule has 10 nitrogen and oxygen atoms in total. The predicted octanol–water partition coefficient (Wildman–Crippen LogP) is 1.33. The first-order chi connectivity index (χ1) is 12.4. The Hall–Kier alpha value is -1.78. The minimum Gasteiger partial charge on any atom is -0.491 e. The molecular weight excluding hydrogens is 381 g/mol. The van der Waals surface area contributed by atoms with Crippen molar-refractivity contribution in [3.8, 4) is 0 Å². The highest BCUT2D eigenvalue weighted by atomic mass is 32.5. The van der Waals surface area contributed by atoms with Crippen molar-refractivity contribution < 1.29 is 23.4 Å². The second kappa shape index (κ2) is 7.09. The minimum atomic E-state index is -3.47. The van der Waals surface area contributed by atoms with Gasteiger partial charge in [-0.1, -0.05) is 6.92 Å². The van der Waals surface area contributed by atoms with Crippen LogP contribution in [0.15, 0.2) is 24.2 Å². The standard InChI is InChI=1S/C14H20N5O5PS/c1-4-9-11(24-25(20,26)22-3)14(21-2,6-23-9)5-19-8-18-10-12(15)16-7-17-13(10)19/h7-8H,4-6H2,1-3H3,(H,20,26)(H2,15,16,17). The molecule has 2 aromatic heterocycles. The Labute approximate surface area is 155 Å². The highest BCUT2D eigenvalue weighted by Crippen LogP contribution is 2.50. The molecule has 3 rings (SSSR count). The van der Waals surface area contributed by atoms with Crippen molar-refractivity contribution in [2.24, 2.45) is 0 Å². The lowest BCUT2D eigenvalue weighted by molar-refractivity contribution is -0.0368. The van der Waals surface area contributed by atoms with E-state index in [9.17, 15) is 4.89 Å². The molecular formula is C14H20N5O5PS. The van der Waals surface area contributed by atoms with Gasteiger partial charge in [-0.05, 0) is 0 Å². The topological polar surface area (TPSA) is 127 Å². The fourth-order valence-electron chi connectivity index (χ4n) is 2.76. The number of ether oxygens (including phenoxy) is 2. The first kappa shape index (κ1) is 19.0. The summed E-state index contributed by atoms with van der Waals surface area (Å²) in [5, 5.41) is 0. The molecule has 2 unspecified atom stereocenters. The third-order valence-electron chi connectivity index (χ3n) is 4.15. The average molecular weight is 401 g/mol. The number of anilines is 1. The SMILES string of the molecule is CCC1=C(OP(O)(=S)OC)C(Cn2cnc3c(N)ncnc32)(OC)CO1. The van der Waals surface area contributed by atoms with Crippen LogP contribution in [0.1, 0.15) is 13.3 Å². The smallest absolute Gasteiger partial charge is 0.377 e. The Balaban J connectivity index is 2.03. The number of imidazole rings is 1. The Kier molecular flexibility index (Phi) is 5.18. The van der Waals surface area contributed by atoms with E-state index in [2.05, 4.69) is 15.0 Å². The third kappa shape index (κ3) is 3.28. The molecule has 0 bridgehead atoms. The van der Waals surface area contributed by atoms with E-state index in [0.29, 0.717) is 29.1 Å². The summed E-state index contributed by atoms with van der Waals surface area (Å²) in [6.45, 7) is -1.13. The van der Waals surface area contributed by atoms with Crippen LogP contribution in [0.25, 0.3) is 11.2 Å². The fraction of sp³-hybridized carbons (Fsp3) is 0.500. The summed E-state index contributed by atoms with van der Waals surface area (Å²) in [7, 11) is 2.82. The van der Waals surface area contributed by atoms with Crippen LogP contribution in [-0.4, -0.2) is 50.8 Å². The lowest BCUT2D eigenvalue weighted by atomic mass is 10.0. The number of nitrogens with zero attached hydrogens (tertiary/aromatic N) is 4. The van der Waals surface area contributed by atoms with Crippen LogP contribution < -0.4 is 5.73 Å². The number of nitrogen functional groups attached to an aromatic ring is 1. The molecule has 2 aromatic rings. The predicted molar refractivity (Wildman–Crippen MR) is 97.3 cm³/mol. The zero-order chi connectivity index (χ0) is 18.9. The molecule has 0 aromatic carbocycles. The highest BCUT2D eigenvalue weighted by Gasteiger charge is 2.47. The zero-order valence-electron chi connectivity index (χ0n) is 14.6. The summed E-state index contributed by atoms with van der Waals surface area (Å²) in [6.07, 6.45) is 3.49. The molecule has 3 N–H and O–H groups in total. The third-order valence-corrected chi connectivity index (χ3v) is 5.70. The second-order valence-electron chi connectivity index (χ2n) is 5.64. The molecule has 1 aliphatic rings. The lowest BCUT2D eigenvalue weighted by Gasteiger charge is -2.30. The van der Waals surface area contributed by atoms with Crippen molar-refractivity contribution in [2.75, 3.05) is 26.6 Å². The largest absolute Gasteiger partial charge is 0.491 e. The maximum Gasteiger partial charge on any atom is 0.377 e. The van der Waals surface area contributed by atoms with Gasteiger partial charge in [-0.25, -0.2) is 15.0 Å². The Morgan fingerprint density at radius 1 is 1.42 bits per heavy atom. The summed E-state index contributed by atoms with van der Waals surface area (Å²) < 4.78 is 23.8. The van der Waals surface area contributed by atoms with Gasteiger partial charge in [0.2, 0.25) is 0 Å². The van der Waals surface area contributed by atoms with E-state index in [4.69, 9.17) is 36.1 Å². The van der Waals surface area contributed by atoms with Crippen molar-refractivity contribution in [1.29, 1.82) is 0 Å².